The normalized spacial score (nSPS) is 11.8. The summed E-state index contributed by atoms with van der Waals surface area (Å²) in [5.41, 5.74) is -0.916. The molecule has 0 radical (unpaired) electrons. The molecule has 3 nitrogen and oxygen atoms in total. The maximum atomic E-state index is 12.8. The van der Waals surface area contributed by atoms with Gasteiger partial charge in [-0.2, -0.15) is 13.2 Å². The number of rotatable bonds is 1. The lowest BCUT2D eigenvalue weighted by Gasteiger charge is -2.11. The maximum Gasteiger partial charge on any atom is 0.416 e. The summed E-state index contributed by atoms with van der Waals surface area (Å²) in [5.74, 6) is -0.462. The molecule has 1 aromatic heterocycles. The van der Waals surface area contributed by atoms with Crippen molar-refractivity contribution in [3.05, 3.63) is 64.4 Å². The minimum atomic E-state index is -4.52. The van der Waals surface area contributed by atoms with Crippen LogP contribution in [0.15, 0.2) is 53.3 Å². The first-order chi connectivity index (χ1) is 10.4. The summed E-state index contributed by atoms with van der Waals surface area (Å²) in [4.78, 5) is 14.6. The molecule has 0 amide bonds. The van der Waals surface area contributed by atoms with Gasteiger partial charge in [0.1, 0.15) is 5.75 Å². The molecule has 0 unspecified atom stereocenters. The predicted molar refractivity (Wildman–Crippen MR) is 76.7 cm³/mol. The van der Waals surface area contributed by atoms with Gasteiger partial charge < -0.3 is 10.1 Å². The van der Waals surface area contributed by atoms with Gasteiger partial charge in [0.2, 0.25) is 0 Å². The Morgan fingerprint density at radius 1 is 1.00 bits per heavy atom. The highest BCUT2D eigenvalue weighted by molar-refractivity contribution is 5.92. The van der Waals surface area contributed by atoms with Crippen molar-refractivity contribution in [1.82, 2.24) is 4.98 Å². The minimum Gasteiger partial charge on any atom is -0.506 e. The van der Waals surface area contributed by atoms with E-state index in [0.29, 0.717) is 5.56 Å². The SMILES string of the molecule is O=c1[nH]c2ccc(C(F)(F)F)cc2c(O)c1-c1ccccc1. The van der Waals surface area contributed by atoms with E-state index in [-0.39, 0.29) is 16.5 Å². The Kier molecular flexibility index (Phi) is 3.16. The van der Waals surface area contributed by atoms with Crippen LogP contribution in [0.1, 0.15) is 5.56 Å². The molecule has 3 rings (SSSR count). The van der Waals surface area contributed by atoms with Gasteiger partial charge in [-0.15, -0.1) is 0 Å². The van der Waals surface area contributed by atoms with Crippen LogP contribution in [-0.4, -0.2) is 10.1 Å². The van der Waals surface area contributed by atoms with Gasteiger partial charge in [-0.3, -0.25) is 4.79 Å². The van der Waals surface area contributed by atoms with E-state index >= 15 is 0 Å². The van der Waals surface area contributed by atoms with Gasteiger partial charge in [0.15, 0.2) is 0 Å². The molecule has 0 saturated heterocycles. The molecule has 0 aliphatic carbocycles. The van der Waals surface area contributed by atoms with Crippen LogP contribution in [0.4, 0.5) is 13.2 Å². The largest absolute Gasteiger partial charge is 0.506 e. The van der Waals surface area contributed by atoms with Gasteiger partial charge in [0.25, 0.3) is 5.56 Å². The number of benzene rings is 2. The molecule has 0 fully saturated rings. The third-order valence-electron chi connectivity index (χ3n) is 3.38. The third-order valence-corrected chi connectivity index (χ3v) is 3.38. The molecule has 2 aromatic carbocycles. The Bertz CT molecular complexity index is 899. The van der Waals surface area contributed by atoms with Crippen molar-refractivity contribution >= 4 is 10.9 Å². The molecule has 0 saturated carbocycles. The number of fused-ring (bicyclic) bond motifs is 1. The van der Waals surface area contributed by atoms with Crippen LogP contribution < -0.4 is 5.56 Å². The quantitative estimate of drug-likeness (QED) is 0.716. The number of hydrogen-bond donors (Lipinski definition) is 2. The van der Waals surface area contributed by atoms with Crippen molar-refractivity contribution in [2.45, 2.75) is 6.18 Å². The second-order valence-electron chi connectivity index (χ2n) is 4.80. The zero-order valence-electron chi connectivity index (χ0n) is 11.1. The highest BCUT2D eigenvalue weighted by atomic mass is 19.4. The van der Waals surface area contributed by atoms with Crippen LogP contribution in [0.3, 0.4) is 0 Å². The van der Waals surface area contributed by atoms with E-state index in [1.807, 2.05) is 0 Å². The second-order valence-corrected chi connectivity index (χ2v) is 4.80. The maximum absolute atomic E-state index is 12.8. The van der Waals surface area contributed by atoms with Gasteiger partial charge in [-0.25, -0.2) is 0 Å². The molecule has 112 valence electrons. The number of aromatic amines is 1. The lowest BCUT2D eigenvalue weighted by Crippen LogP contribution is -2.10. The average Bonchev–Trinajstić information content (AvgIpc) is 2.47. The van der Waals surface area contributed by atoms with Crippen molar-refractivity contribution in [3.8, 4) is 16.9 Å². The molecule has 2 N–H and O–H groups in total. The molecule has 3 aromatic rings. The van der Waals surface area contributed by atoms with Crippen molar-refractivity contribution < 1.29 is 18.3 Å². The van der Waals surface area contributed by atoms with Crippen LogP contribution in [-0.2, 0) is 6.18 Å². The summed E-state index contributed by atoms with van der Waals surface area (Å²) in [6.07, 6.45) is -4.52. The van der Waals surface area contributed by atoms with Gasteiger partial charge in [0, 0.05) is 5.39 Å². The fourth-order valence-electron chi connectivity index (χ4n) is 2.33. The Morgan fingerprint density at radius 3 is 2.32 bits per heavy atom. The zero-order valence-corrected chi connectivity index (χ0v) is 11.1. The molecular formula is C16H10F3NO2. The molecule has 0 aliphatic rings. The average molecular weight is 305 g/mol. The molecule has 0 bridgehead atoms. The number of nitrogens with one attached hydrogen (secondary N) is 1. The summed E-state index contributed by atoms with van der Waals surface area (Å²) < 4.78 is 38.4. The molecule has 0 atom stereocenters. The van der Waals surface area contributed by atoms with Gasteiger partial charge in [0.05, 0.1) is 16.6 Å². The number of alkyl halides is 3. The molecular weight excluding hydrogens is 295 g/mol. The van der Waals surface area contributed by atoms with Gasteiger partial charge in [-0.05, 0) is 23.8 Å². The third kappa shape index (κ3) is 2.32. The van der Waals surface area contributed by atoms with Crippen LogP contribution in [0.25, 0.3) is 22.0 Å². The summed E-state index contributed by atoms with van der Waals surface area (Å²) in [6, 6.07) is 11.1. The summed E-state index contributed by atoms with van der Waals surface area (Å²) in [5, 5.41) is 10.2. The first-order valence-electron chi connectivity index (χ1n) is 6.39. The second kappa shape index (κ2) is 4.91. The van der Waals surface area contributed by atoms with E-state index in [1.54, 1.807) is 30.3 Å². The summed E-state index contributed by atoms with van der Waals surface area (Å²) in [6.45, 7) is 0. The number of aromatic hydroxyl groups is 1. The van der Waals surface area contributed by atoms with Crippen molar-refractivity contribution in [1.29, 1.82) is 0 Å². The van der Waals surface area contributed by atoms with Crippen LogP contribution in [0.2, 0.25) is 0 Å². The van der Waals surface area contributed by atoms with Crippen LogP contribution >= 0.6 is 0 Å². The molecule has 22 heavy (non-hydrogen) atoms. The van der Waals surface area contributed by atoms with Crippen molar-refractivity contribution in [3.63, 3.8) is 0 Å². The number of pyridine rings is 1. The van der Waals surface area contributed by atoms with Gasteiger partial charge >= 0.3 is 6.18 Å². The summed E-state index contributed by atoms with van der Waals surface area (Å²) >= 11 is 0. The topological polar surface area (TPSA) is 53.1 Å². The number of H-pyrrole nitrogens is 1. The number of halogens is 3. The molecule has 0 aliphatic heterocycles. The standard InChI is InChI=1S/C16H10F3NO2/c17-16(18,19)10-6-7-12-11(8-10)14(21)13(15(22)20-12)9-4-2-1-3-5-9/h1-8H,(H2,20,21,22). The highest BCUT2D eigenvalue weighted by Gasteiger charge is 2.31. The fourth-order valence-corrected chi connectivity index (χ4v) is 2.33. The summed E-state index contributed by atoms with van der Waals surface area (Å²) in [7, 11) is 0. The van der Waals surface area contributed by atoms with Crippen molar-refractivity contribution in [2.75, 3.05) is 0 Å². The van der Waals surface area contributed by atoms with E-state index in [4.69, 9.17) is 0 Å². The van der Waals surface area contributed by atoms with Gasteiger partial charge in [-0.1, -0.05) is 30.3 Å². The molecule has 6 heteroatoms. The highest BCUT2D eigenvalue weighted by Crippen LogP contribution is 2.36. The Balaban J connectivity index is 2.34. The predicted octanol–water partition coefficient (Wildman–Crippen LogP) is 3.92. The van der Waals surface area contributed by atoms with E-state index in [1.165, 1.54) is 0 Å². The number of aromatic nitrogens is 1. The Morgan fingerprint density at radius 2 is 1.68 bits per heavy atom. The number of hydrogen-bond acceptors (Lipinski definition) is 2. The van der Waals surface area contributed by atoms with Crippen LogP contribution in [0.5, 0.6) is 5.75 Å². The fraction of sp³-hybridized carbons (Fsp3) is 0.0625. The monoisotopic (exact) mass is 305 g/mol. The zero-order chi connectivity index (χ0) is 15.9. The molecule has 1 heterocycles. The molecule has 0 spiro atoms. The van der Waals surface area contributed by atoms with E-state index in [2.05, 4.69) is 4.98 Å². The first kappa shape index (κ1) is 14.2. The minimum absolute atomic E-state index is 0.0479. The smallest absolute Gasteiger partial charge is 0.416 e. The Labute approximate surface area is 122 Å². The lowest BCUT2D eigenvalue weighted by atomic mass is 10.0. The van der Waals surface area contributed by atoms with E-state index in [9.17, 15) is 23.1 Å². The van der Waals surface area contributed by atoms with Crippen LogP contribution in [0, 0.1) is 0 Å². The Hall–Kier alpha value is -2.76. The van der Waals surface area contributed by atoms with Crippen molar-refractivity contribution in [2.24, 2.45) is 0 Å². The lowest BCUT2D eigenvalue weighted by molar-refractivity contribution is -0.137. The first-order valence-corrected chi connectivity index (χ1v) is 6.39. The van der Waals surface area contributed by atoms with E-state index < -0.39 is 23.0 Å². The van der Waals surface area contributed by atoms with E-state index in [0.717, 1.165) is 18.2 Å².